The number of likely N-dealkylation sites (tertiary alicyclic amines) is 1. The molecule has 1 saturated heterocycles. The molecule has 7 nitrogen and oxygen atoms in total. The Morgan fingerprint density at radius 2 is 1.62 bits per heavy atom. The standard InChI is InChI=1S/C32H35NO6/c1-4-6-19-39-26-17-14-24(20-27(26)37-3)29-28(30(34)23-12-15-25(16-13-23)38-18-5-2)31(35)32(36)33(29)21-22-10-8-7-9-11-22/h7-17,20,29,34H,4-6,18-19,21H2,1-3H3/b30-28+. The summed E-state index contributed by atoms with van der Waals surface area (Å²) in [6, 6.07) is 20.9. The summed E-state index contributed by atoms with van der Waals surface area (Å²) in [6.45, 7) is 5.44. The predicted molar refractivity (Wildman–Crippen MR) is 150 cm³/mol. The zero-order chi connectivity index (χ0) is 27.8. The summed E-state index contributed by atoms with van der Waals surface area (Å²) in [5.74, 6) is 0.0947. The number of methoxy groups -OCH3 is 1. The molecule has 1 fully saturated rings. The van der Waals surface area contributed by atoms with E-state index in [1.54, 1.807) is 43.5 Å². The van der Waals surface area contributed by atoms with E-state index in [0.717, 1.165) is 24.8 Å². The summed E-state index contributed by atoms with van der Waals surface area (Å²) < 4.78 is 17.1. The lowest BCUT2D eigenvalue weighted by Crippen LogP contribution is -2.29. The highest BCUT2D eigenvalue weighted by Crippen LogP contribution is 2.42. The van der Waals surface area contributed by atoms with Crippen molar-refractivity contribution in [3.8, 4) is 17.2 Å². The fraction of sp³-hybridized carbons (Fsp3) is 0.312. The number of carbonyl (C=O) groups is 2. The van der Waals surface area contributed by atoms with Gasteiger partial charge in [0.05, 0.1) is 31.9 Å². The van der Waals surface area contributed by atoms with Crippen LogP contribution in [0.1, 0.15) is 55.8 Å². The van der Waals surface area contributed by atoms with Crippen LogP contribution in [0.5, 0.6) is 17.2 Å². The first-order valence-electron chi connectivity index (χ1n) is 13.3. The van der Waals surface area contributed by atoms with Crippen LogP contribution >= 0.6 is 0 Å². The monoisotopic (exact) mass is 529 g/mol. The van der Waals surface area contributed by atoms with Crippen LogP contribution in [0.15, 0.2) is 78.4 Å². The predicted octanol–water partition coefficient (Wildman–Crippen LogP) is 6.28. The number of Topliss-reactive ketones (excluding diaryl/α,β-unsaturated/α-hetero) is 1. The molecule has 39 heavy (non-hydrogen) atoms. The molecular formula is C32H35NO6. The topological polar surface area (TPSA) is 85.3 Å². The third-order valence-corrected chi connectivity index (χ3v) is 6.60. The third kappa shape index (κ3) is 6.25. The number of nitrogens with zero attached hydrogens (tertiary/aromatic N) is 1. The minimum Gasteiger partial charge on any atom is -0.507 e. The van der Waals surface area contributed by atoms with E-state index < -0.39 is 17.7 Å². The number of unbranched alkanes of at least 4 members (excludes halogenated alkanes) is 1. The molecular weight excluding hydrogens is 494 g/mol. The molecule has 0 spiro atoms. The van der Waals surface area contributed by atoms with Crippen molar-refractivity contribution < 1.29 is 28.9 Å². The second kappa shape index (κ2) is 13.0. The SMILES string of the molecule is CCCCOc1ccc(C2/C(=C(\O)c3ccc(OCCC)cc3)C(=O)C(=O)N2Cc2ccccc2)cc1OC. The van der Waals surface area contributed by atoms with Crippen molar-refractivity contribution in [2.24, 2.45) is 0 Å². The zero-order valence-electron chi connectivity index (χ0n) is 22.7. The number of amides is 1. The van der Waals surface area contributed by atoms with Gasteiger partial charge in [0.15, 0.2) is 11.5 Å². The van der Waals surface area contributed by atoms with E-state index in [1.807, 2.05) is 43.3 Å². The molecule has 1 aliphatic heterocycles. The second-order valence-electron chi connectivity index (χ2n) is 9.40. The number of hydrogen-bond donors (Lipinski definition) is 1. The molecule has 7 heteroatoms. The maximum absolute atomic E-state index is 13.4. The molecule has 1 amide bonds. The molecule has 0 radical (unpaired) electrons. The van der Waals surface area contributed by atoms with Crippen molar-refractivity contribution in [2.75, 3.05) is 20.3 Å². The van der Waals surface area contributed by atoms with E-state index in [1.165, 1.54) is 4.90 Å². The van der Waals surface area contributed by atoms with E-state index in [9.17, 15) is 14.7 Å². The zero-order valence-corrected chi connectivity index (χ0v) is 22.7. The van der Waals surface area contributed by atoms with Crippen molar-refractivity contribution in [2.45, 2.75) is 45.7 Å². The average molecular weight is 530 g/mol. The van der Waals surface area contributed by atoms with Crippen molar-refractivity contribution in [1.82, 2.24) is 4.90 Å². The maximum Gasteiger partial charge on any atom is 0.295 e. The number of aliphatic hydroxyl groups excluding tert-OH is 1. The van der Waals surface area contributed by atoms with Gasteiger partial charge in [-0.25, -0.2) is 0 Å². The summed E-state index contributed by atoms with van der Waals surface area (Å²) >= 11 is 0. The average Bonchev–Trinajstić information content (AvgIpc) is 3.21. The van der Waals surface area contributed by atoms with Gasteiger partial charge in [-0.3, -0.25) is 9.59 Å². The fourth-order valence-electron chi connectivity index (χ4n) is 4.55. The van der Waals surface area contributed by atoms with Gasteiger partial charge in [0.2, 0.25) is 0 Å². The Morgan fingerprint density at radius 3 is 2.28 bits per heavy atom. The Balaban J connectivity index is 1.78. The normalized spacial score (nSPS) is 16.4. The molecule has 0 bridgehead atoms. The molecule has 1 atom stereocenters. The molecule has 1 unspecified atom stereocenters. The van der Waals surface area contributed by atoms with Crippen LogP contribution in [0.25, 0.3) is 5.76 Å². The summed E-state index contributed by atoms with van der Waals surface area (Å²) in [5.41, 5.74) is 1.95. The van der Waals surface area contributed by atoms with Crippen molar-refractivity contribution in [1.29, 1.82) is 0 Å². The summed E-state index contributed by atoms with van der Waals surface area (Å²) in [7, 11) is 1.55. The number of hydrogen-bond acceptors (Lipinski definition) is 6. The molecule has 0 aromatic heterocycles. The van der Waals surface area contributed by atoms with Crippen LogP contribution < -0.4 is 14.2 Å². The molecule has 4 rings (SSSR count). The Hall–Kier alpha value is -4.26. The molecule has 1 aliphatic rings. The molecule has 1 N–H and O–H groups in total. The number of ketones is 1. The number of benzene rings is 3. The first-order valence-corrected chi connectivity index (χ1v) is 13.3. The van der Waals surface area contributed by atoms with E-state index in [-0.39, 0.29) is 17.9 Å². The molecule has 3 aromatic rings. The van der Waals surface area contributed by atoms with E-state index in [2.05, 4.69) is 6.92 Å². The first-order chi connectivity index (χ1) is 19.0. The molecule has 0 saturated carbocycles. The van der Waals surface area contributed by atoms with Gasteiger partial charge >= 0.3 is 0 Å². The highest BCUT2D eigenvalue weighted by atomic mass is 16.5. The first kappa shape index (κ1) is 27.8. The number of rotatable bonds is 12. The fourth-order valence-corrected chi connectivity index (χ4v) is 4.55. The quantitative estimate of drug-likeness (QED) is 0.129. The Morgan fingerprint density at radius 1 is 0.872 bits per heavy atom. The van der Waals surface area contributed by atoms with Gasteiger partial charge in [-0.15, -0.1) is 0 Å². The highest BCUT2D eigenvalue weighted by molar-refractivity contribution is 6.46. The molecule has 204 valence electrons. The van der Waals surface area contributed by atoms with Gasteiger partial charge in [0.25, 0.3) is 11.7 Å². The van der Waals surface area contributed by atoms with E-state index >= 15 is 0 Å². The Kier molecular flexibility index (Phi) is 9.26. The summed E-state index contributed by atoms with van der Waals surface area (Å²) in [4.78, 5) is 28.3. The van der Waals surface area contributed by atoms with Gasteiger partial charge in [0, 0.05) is 12.1 Å². The van der Waals surface area contributed by atoms with Gasteiger partial charge in [-0.1, -0.05) is 56.7 Å². The number of aliphatic hydroxyl groups is 1. The van der Waals surface area contributed by atoms with Gasteiger partial charge in [-0.05, 0) is 60.4 Å². The van der Waals surface area contributed by atoms with Gasteiger partial charge in [0.1, 0.15) is 11.5 Å². The lowest BCUT2D eigenvalue weighted by Gasteiger charge is -2.26. The summed E-state index contributed by atoms with van der Waals surface area (Å²) in [6.07, 6.45) is 2.78. The van der Waals surface area contributed by atoms with Crippen LogP contribution in [0.2, 0.25) is 0 Å². The van der Waals surface area contributed by atoms with Crippen LogP contribution in [-0.2, 0) is 16.1 Å². The molecule has 1 heterocycles. The maximum atomic E-state index is 13.4. The van der Waals surface area contributed by atoms with Crippen LogP contribution in [0, 0.1) is 0 Å². The van der Waals surface area contributed by atoms with Crippen LogP contribution in [-0.4, -0.2) is 42.0 Å². The lowest BCUT2D eigenvalue weighted by atomic mass is 9.94. The van der Waals surface area contributed by atoms with Gasteiger partial charge < -0.3 is 24.2 Å². The van der Waals surface area contributed by atoms with E-state index in [4.69, 9.17) is 14.2 Å². The minimum absolute atomic E-state index is 0.0277. The molecule has 0 aliphatic carbocycles. The number of carbonyl (C=O) groups excluding carboxylic acids is 2. The van der Waals surface area contributed by atoms with E-state index in [0.29, 0.717) is 41.6 Å². The Bertz CT molecular complexity index is 1320. The van der Waals surface area contributed by atoms with Crippen LogP contribution in [0.3, 0.4) is 0 Å². The van der Waals surface area contributed by atoms with Crippen molar-refractivity contribution in [3.63, 3.8) is 0 Å². The largest absolute Gasteiger partial charge is 0.507 e. The van der Waals surface area contributed by atoms with Crippen LogP contribution in [0.4, 0.5) is 0 Å². The highest BCUT2D eigenvalue weighted by Gasteiger charge is 2.46. The Labute approximate surface area is 229 Å². The van der Waals surface area contributed by atoms with Crippen molar-refractivity contribution in [3.05, 3.63) is 95.1 Å². The molecule has 3 aromatic carbocycles. The summed E-state index contributed by atoms with van der Waals surface area (Å²) in [5, 5.41) is 11.4. The third-order valence-electron chi connectivity index (χ3n) is 6.60. The lowest BCUT2D eigenvalue weighted by molar-refractivity contribution is -0.140. The van der Waals surface area contributed by atoms with Crippen molar-refractivity contribution >= 4 is 17.4 Å². The smallest absolute Gasteiger partial charge is 0.295 e. The number of ether oxygens (including phenoxy) is 3. The minimum atomic E-state index is -0.820. The van der Waals surface area contributed by atoms with Gasteiger partial charge in [-0.2, -0.15) is 0 Å². The second-order valence-corrected chi connectivity index (χ2v) is 9.40.